The second-order valence-electron chi connectivity index (χ2n) is 9.94. The predicted octanol–water partition coefficient (Wildman–Crippen LogP) is 3.41. The number of rotatable bonds is 5. The van der Waals surface area contributed by atoms with E-state index in [1.54, 1.807) is 4.90 Å². The second-order valence-corrected chi connectivity index (χ2v) is 9.94. The number of aliphatic imine (C=N–C) groups is 1. The summed E-state index contributed by atoms with van der Waals surface area (Å²) in [6.45, 7) is 13.4. The van der Waals surface area contributed by atoms with Gasteiger partial charge in [-0.3, -0.25) is 4.99 Å². The molecular weight excluding hydrogens is 535 g/mol. The number of amides is 1. The molecule has 1 aromatic carbocycles. The number of carbonyl (C=O) groups is 1. The molecule has 184 valence electrons. The molecule has 2 saturated heterocycles. The number of carbonyl (C=O) groups excluding carboxylic acids is 1. The molecular formula is C24H37IN4O4. The summed E-state index contributed by atoms with van der Waals surface area (Å²) in [4.78, 5) is 21.2. The summed E-state index contributed by atoms with van der Waals surface area (Å²) in [5.74, 6) is 2.29. The molecule has 3 aliphatic rings. The Labute approximate surface area is 214 Å². The van der Waals surface area contributed by atoms with E-state index in [9.17, 15) is 4.79 Å². The Morgan fingerprint density at radius 2 is 2.12 bits per heavy atom. The number of hydrogen-bond donors (Lipinski definition) is 1. The lowest BCUT2D eigenvalue weighted by atomic mass is 10.1. The van der Waals surface area contributed by atoms with Crippen LogP contribution in [0.5, 0.6) is 5.75 Å². The van der Waals surface area contributed by atoms with Crippen molar-refractivity contribution in [2.45, 2.75) is 52.3 Å². The topological polar surface area (TPSA) is 75.6 Å². The van der Waals surface area contributed by atoms with Gasteiger partial charge >= 0.3 is 6.09 Å². The molecule has 3 aliphatic heterocycles. The summed E-state index contributed by atoms with van der Waals surface area (Å²) in [5, 5.41) is 3.50. The minimum atomic E-state index is -0.480. The van der Waals surface area contributed by atoms with Crippen LogP contribution in [0.25, 0.3) is 0 Å². The molecule has 0 bridgehead atoms. The fraction of sp³-hybridized carbons (Fsp3) is 0.667. The largest absolute Gasteiger partial charge is 0.493 e. The Balaban J connectivity index is 0.00000306. The number of fused-ring (bicyclic) bond motifs is 1. The van der Waals surface area contributed by atoms with Crippen molar-refractivity contribution in [2.75, 3.05) is 46.0 Å². The van der Waals surface area contributed by atoms with Crippen LogP contribution in [0.4, 0.5) is 4.79 Å². The molecule has 2 fully saturated rings. The molecule has 3 heterocycles. The van der Waals surface area contributed by atoms with Crippen molar-refractivity contribution < 1.29 is 19.0 Å². The summed E-state index contributed by atoms with van der Waals surface area (Å²) in [6, 6.07) is 6.53. The minimum absolute atomic E-state index is 0. The quantitative estimate of drug-likeness (QED) is 0.546. The van der Waals surface area contributed by atoms with E-state index in [0.29, 0.717) is 38.7 Å². The molecule has 2 atom stereocenters. The zero-order valence-corrected chi connectivity index (χ0v) is 22.5. The van der Waals surface area contributed by atoms with Crippen molar-refractivity contribution in [3.8, 4) is 5.75 Å². The molecule has 1 aromatic rings. The normalized spacial score (nSPS) is 22.4. The lowest BCUT2D eigenvalue weighted by Gasteiger charge is -2.39. The summed E-state index contributed by atoms with van der Waals surface area (Å²) >= 11 is 0. The Hall–Kier alpha value is -1.75. The number of nitrogens with one attached hydrogen (secondary N) is 1. The standard InChI is InChI=1S/C24H36N4O4.HI/c1-17-5-6-19(21(11-17)31-16-18-7-10-30-15-18)12-25-22-26-13-20-14-27(8-9-28(20)22)23(29)32-24(2,3)4;/h5-6,11,18,20H,7-10,12-16H2,1-4H3,(H,25,26);1H. The van der Waals surface area contributed by atoms with Crippen molar-refractivity contribution >= 4 is 36.0 Å². The Bertz CT molecular complexity index is 851. The average molecular weight is 572 g/mol. The SMILES string of the molecule is Cc1ccc(CNC2=NCC3CN(C(=O)OC(C)(C)C)CCN23)c(OCC2CCOC2)c1.I. The lowest BCUT2D eigenvalue weighted by molar-refractivity contribution is 0.0137. The van der Waals surface area contributed by atoms with Gasteiger partial charge in [-0.25, -0.2) is 4.79 Å². The molecule has 0 saturated carbocycles. The smallest absolute Gasteiger partial charge is 0.410 e. The van der Waals surface area contributed by atoms with E-state index in [1.165, 1.54) is 5.56 Å². The summed E-state index contributed by atoms with van der Waals surface area (Å²) in [7, 11) is 0. The van der Waals surface area contributed by atoms with Crippen molar-refractivity contribution in [3.05, 3.63) is 29.3 Å². The summed E-state index contributed by atoms with van der Waals surface area (Å²) in [6.07, 6.45) is 0.819. The molecule has 4 rings (SSSR count). The first-order valence-electron chi connectivity index (χ1n) is 11.6. The van der Waals surface area contributed by atoms with Crippen molar-refractivity contribution in [1.29, 1.82) is 0 Å². The van der Waals surface area contributed by atoms with Gasteiger partial charge in [0.05, 0.1) is 25.8 Å². The molecule has 0 aliphatic carbocycles. The van der Waals surface area contributed by atoms with Gasteiger partial charge in [0, 0.05) is 44.3 Å². The van der Waals surface area contributed by atoms with E-state index in [0.717, 1.165) is 43.5 Å². The first kappa shape index (κ1) is 25.9. The number of hydrogen-bond acceptors (Lipinski definition) is 7. The van der Waals surface area contributed by atoms with E-state index in [-0.39, 0.29) is 36.1 Å². The first-order chi connectivity index (χ1) is 15.3. The van der Waals surface area contributed by atoms with Gasteiger partial charge in [-0.15, -0.1) is 24.0 Å². The summed E-state index contributed by atoms with van der Waals surface area (Å²) in [5.41, 5.74) is 1.82. The third-order valence-electron chi connectivity index (χ3n) is 6.02. The molecule has 1 N–H and O–H groups in total. The van der Waals surface area contributed by atoms with Crippen LogP contribution in [-0.4, -0.2) is 79.5 Å². The molecule has 1 amide bonds. The predicted molar refractivity (Wildman–Crippen MR) is 138 cm³/mol. The van der Waals surface area contributed by atoms with Crippen LogP contribution in [0.3, 0.4) is 0 Å². The van der Waals surface area contributed by atoms with Gasteiger partial charge in [-0.1, -0.05) is 12.1 Å². The van der Waals surface area contributed by atoms with Gasteiger partial charge in [0.25, 0.3) is 0 Å². The van der Waals surface area contributed by atoms with Gasteiger partial charge in [-0.2, -0.15) is 0 Å². The highest BCUT2D eigenvalue weighted by atomic mass is 127. The van der Waals surface area contributed by atoms with Gasteiger partial charge in [0.2, 0.25) is 0 Å². The maximum Gasteiger partial charge on any atom is 0.410 e. The van der Waals surface area contributed by atoms with Gasteiger partial charge in [-0.05, 0) is 45.7 Å². The van der Waals surface area contributed by atoms with E-state index < -0.39 is 5.60 Å². The van der Waals surface area contributed by atoms with E-state index in [1.807, 2.05) is 20.8 Å². The van der Waals surface area contributed by atoms with Crippen LogP contribution < -0.4 is 10.1 Å². The number of ether oxygens (including phenoxy) is 3. The highest BCUT2D eigenvalue weighted by Gasteiger charge is 2.36. The van der Waals surface area contributed by atoms with Crippen molar-refractivity contribution in [1.82, 2.24) is 15.1 Å². The Kier molecular flexibility index (Phi) is 8.71. The van der Waals surface area contributed by atoms with Gasteiger partial charge in [0.15, 0.2) is 5.96 Å². The van der Waals surface area contributed by atoms with Gasteiger partial charge < -0.3 is 29.3 Å². The lowest BCUT2D eigenvalue weighted by Crippen LogP contribution is -2.57. The number of halogens is 1. The average Bonchev–Trinajstić information content (AvgIpc) is 3.39. The first-order valence-corrected chi connectivity index (χ1v) is 11.6. The number of piperazine rings is 1. The maximum absolute atomic E-state index is 12.4. The van der Waals surface area contributed by atoms with E-state index in [2.05, 4.69) is 35.3 Å². The zero-order valence-electron chi connectivity index (χ0n) is 20.1. The summed E-state index contributed by atoms with van der Waals surface area (Å²) < 4.78 is 17.2. The van der Waals surface area contributed by atoms with Crippen LogP contribution in [0.2, 0.25) is 0 Å². The van der Waals surface area contributed by atoms with E-state index in [4.69, 9.17) is 19.2 Å². The third-order valence-corrected chi connectivity index (χ3v) is 6.02. The van der Waals surface area contributed by atoms with Crippen molar-refractivity contribution in [2.24, 2.45) is 10.9 Å². The molecule has 0 spiro atoms. The van der Waals surface area contributed by atoms with Gasteiger partial charge in [0.1, 0.15) is 11.4 Å². The molecule has 0 radical (unpaired) electrons. The number of aryl methyl sites for hydroxylation is 1. The fourth-order valence-corrected chi connectivity index (χ4v) is 4.26. The number of benzene rings is 1. The van der Waals surface area contributed by atoms with Crippen LogP contribution in [-0.2, 0) is 16.0 Å². The fourth-order valence-electron chi connectivity index (χ4n) is 4.26. The van der Waals surface area contributed by atoms with Crippen LogP contribution in [0.1, 0.15) is 38.3 Å². The highest BCUT2D eigenvalue weighted by Crippen LogP contribution is 2.24. The second kappa shape index (κ2) is 11.1. The molecule has 8 nitrogen and oxygen atoms in total. The number of guanidine groups is 1. The van der Waals surface area contributed by atoms with E-state index >= 15 is 0 Å². The molecule has 9 heteroatoms. The molecule has 33 heavy (non-hydrogen) atoms. The van der Waals surface area contributed by atoms with Crippen molar-refractivity contribution in [3.63, 3.8) is 0 Å². The maximum atomic E-state index is 12.4. The monoisotopic (exact) mass is 572 g/mol. The molecule has 2 unspecified atom stereocenters. The van der Waals surface area contributed by atoms with Crippen LogP contribution >= 0.6 is 24.0 Å². The highest BCUT2D eigenvalue weighted by molar-refractivity contribution is 14.0. The third kappa shape index (κ3) is 6.88. The minimum Gasteiger partial charge on any atom is -0.493 e. The van der Waals surface area contributed by atoms with Crippen LogP contribution in [0, 0.1) is 12.8 Å². The zero-order chi connectivity index (χ0) is 22.7. The van der Waals surface area contributed by atoms with Crippen LogP contribution in [0.15, 0.2) is 23.2 Å². The number of nitrogens with zero attached hydrogens (tertiary/aromatic N) is 3. The molecule has 0 aromatic heterocycles. The Morgan fingerprint density at radius 1 is 1.30 bits per heavy atom. The Morgan fingerprint density at radius 3 is 2.85 bits per heavy atom.